The molecular weight excluding hydrogens is 296 g/mol. The first-order valence-corrected chi connectivity index (χ1v) is 7.08. The van der Waals surface area contributed by atoms with Gasteiger partial charge in [0.2, 0.25) is 17.7 Å². The highest BCUT2D eigenvalue weighted by atomic mass is 35.5. The van der Waals surface area contributed by atoms with E-state index < -0.39 is 0 Å². The Labute approximate surface area is 131 Å². The van der Waals surface area contributed by atoms with Gasteiger partial charge < -0.3 is 20.0 Å². The topological polar surface area (TPSA) is 73.0 Å². The number of likely N-dealkylation sites (tertiary alicyclic amines) is 1. The molecule has 21 heavy (non-hydrogen) atoms. The van der Waals surface area contributed by atoms with Crippen molar-refractivity contribution in [2.75, 3.05) is 52.9 Å². The summed E-state index contributed by atoms with van der Waals surface area (Å²) in [5.41, 5.74) is 0. The summed E-state index contributed by atoms with van der Waals surface area (Å²) in [4.78, 5) is 40.3. The van der Waals surface area contributed by atoms with Crippen molar-refractivity contribution in [2.24, 2.45) is 0 Å². The fourth-order valence-electron chi connectivity index (χ4n) is 2.46. The molecule has 0 bridgehead atoms. The zero-order valence-electron chi connectivity index (χ0n) is 12.3. The van der Waals surface area contributed by atoms with E-state index in [-0.39, 0.29) is 43.2 Å². The summed E-state index contributed by atoms with van der Waals surface area (Å²) < 4.78 is 0. The highest BCUT2D eigenvalue weighted by Gasteiger charge is 2.25. The van der Waals surface area contributed by atoms with Gasteiger partial charge in [0.05, 0.1) is 13.1 Å². The monoisotopic (exact) mass is 318 g/mol. The van der Waals surface area contributed by atoms with Crippen molar-refractivity contribution >= 4 is 30.1 Å². The Balaban J connectivity index is 0.00000220. The molecule has 0 aliphatic carbocycles. The van der Waals surface area contributed by atoms with Gasteiger partial charge in [0, 0.05) is 46.2 Å². The third-order valence-electron chi connectivity index (χ3n) is 3.77. The van der Waals surface area contributed by atoms with Crippen LogP contribution in [-0.4, -0.2) is 85.3 Å². The molecule has 120 valence electrons. The van der Waals surface area contributed by atoms with Gasteiger partial charge in [-0.3, -0.25) is 14.4 Å². The van der Waals surface area contributed by atoms with Gasteiger partial charge >= 0.3 is 0 Å². The van der Waals surface area contributed by atoms with Gasteiger partial charge in [-0.05, 0) is 6.42 Å². The maximum absolute atomic E-state index is 12.0. The van der Waals surface area contributed by atoms with Crippen molar-refractivity contribution < 1.29 is 14.4 Å². The predicted octanol–water partition coefficient (Wildman–Crippen LogP) is -1.08. The second-order valence-corrected chi connectivity index (χ2v) is 5.30. The van der Waals surface area contributed by atoms with Crippen LogP contribution in [0.5, 0.6) is 0 Å². The lowest BCUT2D eigenvalue weighted by Crippen LogP contribution is -2.50. The molecule has 2 aliphatic heterocycles. The number of nitrogens with one attached hydrogen (secondary N) is 1. The molecule has 1 N–H and O–H groups in total. The zero-order valence-corrected chi connectivity index (χ0v) is 13.2. The standard InChI is InChI=1S/C13H22N4O3.ClH/c1-15(9-13(20)16-7-4-14-5-8-16)12(19)10-17-6-2-3-11(17)18;/h14H,2-10H2,1H3;1H. The van der Waals surface area contributed by atoms with E-state index in [1.807, 2.05) is 0 Å². The molecule has 2 saturated heterocycles. The average molecular weight is 319 g/mol. The molecule has 2 rings (SSSR count). The Hall–Kier alpha value is -1.34. The van der Waals surface area contributed by atoms with Crippen LogP contribution >= 0.6 is 12.4 Å². The highest BCUT2D eigenvalue weighted by molar-refractivity contribution is 5.88. The summed E-state index contributed by atoms with van der Waals surface area (Å²) >= 11 is 0. The molecule has 0 unspecified atom stereocenters. The number of piperazine rings is 1. The van der Waals surface area contributed by atoms with Crippen LogP contribution in [0.25, 0.3) is 0 Å². The molecular formula is C13H23ClN4O3. The summed E-state index contributed by atoms with van der Waals surface area (Å²) in [6.45, 7) is 3.78. The second kappa shape index (κ2) is 8.19. The minimum absolute atomic E-state index is 0. The summed E-state index contributed by atoms with van der Waals surface area (Å²) in [7, 11) is 1.61. The van der Waals surface area contributed by atoms with Gasteiger partial charge in [-0.2, -0.15) is 0 Å². The van der Waals surface area contributed by atoms with Crippen molar-refractivity contribution in [1.29, 1.82) is 0 Å². The molecule has 2 fully saturated rings. The van der Waals surface area contributed by atoms with Crippen molar-refractivity contribution in [1.82, 2.24) is 20.0 Å². The summed E-state index contributed by atoms with van der Waals surface area (Å²) in [5, 5.41) is 3.18. The largest absolute Gasteiger partial charge is 0.339 e. The number of carbonyl (C=O) groups is 3. The van der Waals surface area contributed by atoms with Gasteiger partial charge in [-0.15, -0.1) is 12.4 Å². The fourth-order valence-corrected chi connectivity index (χ4v) is 2.46. The minimum Gasteiger partial charge on any atom is -0.339 e. The van der Waals surface area contributed by atoms with Crippen LogP contribution < -0.4 is 5.32 Å². The number of nitrogens with zero attached hydrogens (tertiary/aromatic N) is 3. The molecule has 2 heterocycles. The molecule has 0 spiro atoms. The Bertz CT molecular complexity index is 399. The van der Waals surface area contributed by atoms with Crippen molar-refractivity contribution in [2.45, 2.75) is 12.8 Å². The SMILES string of the molecule is CN(CC(=O)N1CCNCC1)C(=O)CN1CCCC1=O.Cl. The number of amides is 3. The van der Waals surface area contributed by atoms with Crippen LogP contribution in [0, 0.1) is 0 Å². The van der Waals surface area contributed by atoms with Gasteiger partial charge in [0.15, 0.2) is 0 Å². The van der Waals surface area contributed by atoms with E-state index in [0.29, 0.717) is 26.1 Å². The van der Waals surface area contributed by atoms with Crippen LogP contribution in [-0.2, 0) is 14.4 Å². The number of hydrogen-bond acceptors (Lipinski definition) is 4. The third-order valence-corrected chi connectivity index (χ3v) is 3.77. The molecule has 0 radical (unpaired) electrons. The minimum atomic E-state index is -0.177. The second-order valence-electron chi connectivity index (χ2n) is 5.30. The molecule has 0 aromatic rings. The predicted molar refractivity (Wildman–Crippen MR) is 80.1 cm³/mol. The molecule has 0 atom stereocenters. The Morgan fingerprint density at radius 1 is 1.24 bits per heavy atom. The van der Waals surface area contributed by atoms with E-state index in [9.17, 15) is 14.4 Å². The molecule has 3 amide bonds. The Morgan fingerprint density at radius 3 is 2.48 bits per heavy atom. The maximum atomic E-state index is 12.0. The van der Waals surface area contributed by atoms with E-state index in [1.54, 1.807) is 16.8 Å². The Kier molecular flexibility index (Phi) is 6.91. The molecule has 0 aromatic carbocycles. The van der Waals surface area contributed by atoms with Crippen LogP contribution in [0.2, 0.25) is 0 Å². The van der Waals surface area contributed by atoms with Crippen LogP contribution in [0.1, 0.15) is 12.8 Å². The maximum Gasteiger partial charge on any atom is 0.242 e. The smallest absolute Gasteiger partial charge is 0.242 e. The number of hydrogen-bond donors (Lipinski definition) is 1. The number of likely N-dealkylation sites (N-methyl/N-ethyl adjacent to an activating group) is 1. The molecule has 2 aliphatic rings. The zero-order chi connectivity index (χ0) is 14.5. The lowest BCUT2D eigenvalue weighted by atomic mass is 10.3. The van der Waals surface area contributed by atoms with E-state index >= 15 is 0 Å². The van der Waals surface area contributed by atoms with Crippen molar-refractivity contribution in [3.05, 3.63) is 0 Å². The number of rotatable bonds is 4. The van der Waals surface area contributed by atoms with Crippen molar-refractivity contribution in [3.8, 4) is 0 Å². The first-order valence-electron chi connectivity index (χ1n) is 7.08. The number of halogens is 1. The summed E-state index contributed by atoms with van der Waals surface area (Å²) in [6, 6.07) is 0. The third kappa shape index (κ3) is 4.86. The van der Waals surface area contributed by atoms with Crippen LogP contribution in [0.4, 0.5) is 0 Å². The molecule has 0 aromatic heterocycles. The summed E-state index contributed by atoms with van der Waals surface area (Å²) in [5.74, 6) is -0.181. The van der Waals surface area contributed by atoms with Gasteiger partial charge in [-0.1, -0.05) is 0 Å². The number of carbonyl (C=O) groups excluding carboxylic acids is 3. The molecule has 7 nitrogen and oxygen atoms in total. The first kappa shape index (κ1) is 17.7. The van der Waals surface area contributed by atoms with E-state index in [0.717, 1.165) is 19.5 Å². The Morgan fingerprint density at radius 2 is 1.90 bits per heavy atom. The van der Waals surface area contributed by atoms with Gasteiger partial charge in [0.25, 0.3) is 0 Å². The average Bonchev–Trinajstić information content (AvgIpc) is 2.85. The van der Waals surface area contributed by atoms with E-state index in [1.165, 1.54) is 4.90 Å². The lowest BCUT2D eigenvalue weighted by Gasteiger charge is -2.29. The highest BCUT2D eigenvalue weighted by Crippen LogP contribution is 2.09. The van der Waals surface area contributed by atoms with E-state index in [2.05, 4.69) is 5.32 Å². The van der Waals surface area contributed by atoms with Gasteiger partial charge in [0.1, 0.15) is 0 Å². The van der Waals surface area contributed by atoms with Crippen LogP contribution in [0.15, 0.2) is 0 Å². The quantitative estimate of drug-likeness (QED) is 0.716. The molecule has 0 saturated carbocycles. The van der Waals surface area contributed by atoms with Crippen molar-refractivity contribution in [3.63, 3.8) is 0 Å². The van der Waals surface area contributed by atoms with Crippen LogP contribution in [0.3, 0.4) is 0 Å². The normalized spacial score (nSPS) is 18.4. The van der Waals surface area contributed by atoms with Gasteiger partial charge in [-0.25, -0.2) is 0 Å². The lowest BCUT2D eigenvalue weighted by molar-refractivity contribution is -0.142. The van der Waals surface area contributed by atoms with E-state index in [4.69, 9.17) is 0 Å². The fraction of sp³-hybridized carbons (Fsp3) is 0.769. The first-order chi connectivity index (χ1) is 9.58. The molecule has 8 heteroatoms. The summed E-state index contributed by atoms with van der Waals surface area (Å²) in [6.07, 6.45) is 1.34.